The van der Waals surface area contributed by atoms with Crippen molar-refractivity contribution in [3.8, 4) is 16.9 Å². The van der Waals surface area contributed by atoms with Gasteiger partial charge < -0.3 is 15.2 Å². The maximum Gasteiger partial charge on any atom is 0.305 e. The van der Waals surface area contributed by atoms with Gasteiger partial charge in [0.2, 0.25) is 5.91 Å². The van der Waals surface area contributed by atoms with Gasteiger partial charge in [-0.05, 0) is 16.7 Å². The number of carbonyl (C=O) groups is 2. The largest absolute Gasteiger partial charge is 0.492 e. The van der Waals surface area contributed by atoms with Crippen LogP contribution in [0.5, 0.6) is 5.75 Å². The molecule has 5 nitrogen and oxygen atoms in total. The summed E-state index contributed by atoms with van der Waals surface area (Å²) in [6.07, 6.45) is 0.771. The first kappa shape index (κ1) is 16.1. The van der Waals surface area contributed by atoms with Crippen LogP contribution in [0.4, 0.5) is 0 Å². The Morgan fingerprint density at radius 1 is 1.21 bits per heavy atom. The Hall–Kier alpha value is -2.82. The van der Waals surface area contributed by atoms with Gasteiger partial charge in [-0.1, -0.05) is 42.5 Å². The number of rotatable bonds is 5. The van der Waals surface area contributed by atoms with E-state index >= 15 is 0 Å². The molecule has 5 heteroatoms. The molecule has 0 saturated carbocycles. The summed E-state index contributed by atoms with van der Waals surface area (Å²) >= 11 is 0. The molecule has 0 aromatic heterocycles. The standard InChI is InChI=1S/C19H19NO4/c1-12(21)20-17(11-18(22)23)14-7-5-13(6-8-14)16-4-2-3-15-9-10-24-19(15)16/h2-8,17H,9-11H2,1H3,(H,20,21)(H,22,23). The summed E-state index contributed by atoms with van der Waals surface area (Å²) in [5.74, 6) is -0.277. The SMILES string of the molecule is CC(=O)NC(CC(=O)O)c1ccc(-c2cccc3c2OCC3)cc1. The first-order chi connectivity index (χ1) is 11.5. The number of carboxylic acids is 1. The Bertz CT molecular complexity index is 751. The molecule has 1 amide bonds. The molecule has 1 heterocycles. The number of para-hydroxylation sites is 1. The Labute approximate surface area is 140 Å². The van der Waals surface area contributed by atoms with E-state index in [2.05, 4.69) is 11.4 Å². The third-order valence-corrected chi connectivity index (χ3v) is 4.09. The van der Waals surface area contributed by atoms with Gasteiger partial charge in [-0.25, -0.2) is 0 Å². The van der Waals surface area contributed by atoms with Crippen molar-refractivity contribution < 1.29 is 19.4 Å². The van der Waals surface area contributed by atoms with Crippen LogP contribution in [0.2, 0.25) is 0 Å². The highest BCUT2D eigenvalue weighted by Gasteiger charge is 2.19. The predicted molar refractivity (Wildman–Crippen MR) is 89.9 cm³/mol. The molecule has 124 valence electrons. The number of fused-ring (bicyclic) bond motifs is 1. The van der Waals surface area contributed by atoms with Gasteiger partial charge in [0.25, 0.3) is 0 Å². The van der Waals surface area contributed by atoms with Crippen LogP contribution < -0.4 is 10.1 Å². The van der Waals surface area contributed by atoms with Gasteiger partial charge in [0.15, 0.2) is 0 Å². The monoisotopic (exact) mass is 325 g/mol. The smallest absolute Gasteiger partial charge is 0.305 e. The molecule has 1 atom stereocenters. The number of benzene rings is 2. The van der Waals surface area contributed by atoms with Crippen molar-refractivity contribution >= 4 is 11.9 Å². The second kappa shape index (κ2) is 6.74. The number of carbonyl (C=O) groups excluding carboxylic acids is 1. The number of ether oxygens (including phenoxy) is 1. The lowest BCUT2D eigenvalue weighted by molar-refractivity contribution is -0.137. The summed E-state index contributed by atoms with van der Waals surface area (Å²) < 4.78 is 5.73. The zero-order valence-corrected chi connectivity index (χ0v) is 13.4. The van der Waals surface area contributed by atoms with Crippen molar-refractivity contribution in [2.24, 2.45) is 0 Å². The molecule has 0 aliphatic carbocycles. The number of aliphatic carboxylic acids is 1. The topological polar surface area (TPSA) is 75.6 Å². The molecular weight excluding hydrogens is 306 g/mol. The van der Waals surface area contributed by atoms with Gasteiger partial charge >= 0.3 is 5.97 Å². The minimum Gasteiger partial charge on any atom is -0.492 e. The first-order valence-corrected chi connectivity index (χ1v) is 7.88. The van der Waals surface area contributed by atoms with Gasteiger partial charge in [-0.2, -0.15) is 0 Å². The number of hydrogen-bond acceptors (Lipinski definition) is 3. The molecule has 3 rings (SSSR count). The highest BCUT2D eigenvalue weighted by molar-refractivity contribution is 5.76. The van der Waals surface area contributed by atoms with Gasteiger partial charge in [-0.15, -0.1) is 0 Å². The molecule has 1 aliphatic heterocycles. The fourth-order valence-corrected chi connectivity index (χ4v) is 3.01. The van der Waals surface area contributed by atoms with Crippen LogP contribution in [0.25, 0.3) is 11.1 Å². The third-order valence-electron chi connectivity index (χ3n) is 4.09. The van der Waals surface area contributed by atoms with E-state index in [0.717, 1.165) is 28.9 Å². The summed E-state index contributed by atoms with van der Waals surface area (Å²) in [5.41, 5.74) is 4.02. The molecule has 2 aromatic rings. The van der Waals surface area contributed by atoms with Crippen molar-refractivity contribution in [1.82, 2.24) is 5.32 Å². The number of amides is 1. The summed E-state index contributed by atoms with van der Waals surface area (Å²) in [6.45, 7) is 2.08. The van der Waals surface area contributed by atoms with Crippen LogP contribution >= 0.6 is 0 Å². The van der Waals surface area contributed by atoms with E-state index in [1.165, 1.54) is 12.5 Å². The number of nitrogens with one attached hydrogen (secondary N) is 1. The fraction of sp³-hybridized carbons (Fsp3) is 0.263. The van der Waals surface area contributed by atoms with Crippen molar-refractivity contribution in [3.63, 3.8) is 0 Å². The van der Waals surface area contributed by atoms with Gasteiger partial charge in [0.1, 0.15) is 5.75 Å². The van der Waals surface area contributed by atoms with E-state index in [-0.39, 0.29) is 12.3 Å². The zero-order chi connectivity index (χ0) is 17.1. The molecule has 1 unspecified atom stereocenters. The first-order valence-electron chi connectivity index (χ1n) is 7.88. The highest BCUT2D eigenvalue weighted by atomic mass is 16.5. The Kier molecular flexibility index (Phi) is 4.51. The normalized spacial score (nSPS) is 13.7. The van der Waals surface area contributed by atoms with E-state index < -0.39 is 12.0 Å². The summed E-state index contributed by atoms with van der Waals surface area (Å²) in [5, 5.41) is 11.7. The van der Waals surface area contributed by atoms with Crippen LogP contribution in [0.1, 0.15) is 30.5 Å². The Balaban J connectivity index is 1.88. The quantitative estimate of drug-likeness (QED) is 0.886. The molecule has 24 heavy (non-hydrogen) atoms. The van der Waals surface area contributed by atoms with E-state index in [4.69, 9.17) is 9.84 Å². The van der Waals surface area contributed by atoms with E-state index in [1.54, 1.807) is 0 Å². The van der Waals surface area contributed by atoms with Gasteiger partial charge in [-0.3, -0.25) is 9.59 Å². The molecule has 2 aromatic carbocycles. The number of hydrogen-bond donors (Lipinski definition) is 2. The average molecular weight is 325 g/mol. The lowest BCUT2D eigenvalue weighted by Gasteiger charge is -2.17. The molecular formula is C19H19NO4. The van der Waals surface area contributed by atoms with Crippen LogP contribution in [-0.4, -0.2) is 23.6 Å². The van der Waals surface area contributed by atoms with E-state index in [1.807, 2.05) is 36.4 Å². The molecule has 0 bridgehead atoms. The maximum atomic E-state index is 11.3. The predicted octanol–water partition coefficient (Wildman–Crippen LogP) is 2.94. The van der Waals surface area contributed by atoms with Gasteiger partial charge in [0.05, 0.1) is 19.1 Å². The zero-order valence-electron chi connectivity index (χ0n) is 13.4. The summed E-state index contributed by atoms with van der Waals surface area (Å²) in [6, 6.07) is 13.1. The summed E-state index contributed by atoms with van der Waals surface area (Å²) in [7, 11) is 0. The van der Waals surface area contributed by atoms with Crippen molar-refractivity contribution in [2.75, 3.05) is 6.61 Å². The molecule has 0 saturated heterocycles. The van der Waals surface area contributed by atoms with Crippen LogP contribution in [0, 0.1) is 0 Å². The lowest BCUT2D eigenvalue weighted by atomic mass is 9.97. The Morgan fingerprint density at radius 2 is 1.96 bits per heavy atom. The van der Waals surface area contributed by atoms with E-state index in [0.29, 0.717) is 6.61 Å². The van der Waals surface area contributed by atoms with Crippen LogP contribution in [0.15, 0.2) is 42.5 Å². The van der Waals surface area contributed by atoms with Crippen LogP contribution in [-0.2, 0) is 16.0 Å². The average Bonchev–Trinajstić information content (AvgIpc) is 3.02. The van der Waals surface area contributed by atoms with Crippen molar-refractivity contribution in [2.45, 2.75) is 25.8 Å². The lowest BCUT2D eigenvalue weighted by Crippen LogP contribution is -2.27. The molecule has 0 fully saturated rings. The molecule has 2 N–H and O–H groups in total. The second-order valence-electron chi connectivity index (χ2n) is 5.87. The van der Waals surface area contributed by atoms with Crippen molar-refractivity contribution in [3.05, 3.63) is 53.6 Å². The van der Waals surface area contributed by atoms with Gasteiger partial charge in [0, 0.05) is 18.9 Å². The minimum atomic E-state index is -0.952. The highest BCUT2D eigenvalue weighted by Crippen LogP contribution is 2.37. The second-order valence-corrected chi connectivity index (χ2v) is 5.87. The molecule has 0 spiro atoms. The van der Waals surface area contributed by atoms with E-state index in [9.17, 15) is 9.59 Å². The fourth-order valence-electron chi connectivity index (χ4n) is 3.01. The number of carboxylic acid groups (broad SMARTS) is 1. The summed E-state index contributed by atoms with van der Waals surface area (Å²) in [4.78, 5) is 22.3. The third kappa shape index (κ3) is 3.40. The molecule has 0 radical (unpaired) electrons. The molecule has 1 aliphatic rings. The van der Waals surface area contributed by atoms with Crippen LogP contribution in [0.3, 0.4) is 0 Å². The van der Waals surface area contributed by atoms with Crippen molar-refractivity contribution in [1.29, 1.82) is 0 Å². The Morgan fingerprint density at radius 3 is 2.62 bits per heavy atom. The maximum absolute atomic E-state index is 11.3. The minimum absolute atomic E-state index is 0.150.